The van der Waals surface area contributed by atoms with Gasteiger partial charge in [-0.25, -0.2) is 0 Å². The number of anilines is 1. The monoisotopic (exact) mass is 242 g/mol. The molecule has 0 radical (unpaired) electrons. The van der Waals surface area contributed by atoms with Crippen molar-refractivity contribution in [3.63, 3.8) is 0 Å². The van der Waals surface area contributed by atoms with E-state index < -0.39 is 0 Å². The molecular weight excluding hydrogens is 232 g/mol. The number of halogens is 1. The van der Waals surface area contributed by atoms with Gasteiger partial charge in [0.1, 0.15) is 0 Å². The molecule has 0 amide bonds. The van der Waals surface area contributed by atoms with Crippen molar-refractivity contribution in [3.05, 3.63) is 64.7 Å². The molecule has 0 saturated heterocycles. The highest BCUT2D eigenvalue weighted by atomic mass is 35.5. The largest absolute Gasteiger partial charge is 0.380 e. The number of para-hydroxylation sites is 1. The Hall–Kier alpha value is -1.98. The molecule has 0 aromatic heterocycles. The molecule has 0 fully saturated rings. The average molecular weight is 243 g/mol. The number of hydrogen-bond donors (Lipinski definition) is 1. The molecule has 3 heteroatoms. The van der Waals surface area contributed by atoms with Crippen LogP contribution in [0.2, 0.25) is 5.02 Å². The summed E-state index contributed by atoms with van der Waals surface area (Å²) in [6.45, 7) is 0.690. The van der Waals surface area contributed by atoms with Crippen molar-refractivity contribution in [1.29, 1.82) is 5.26 Å². The second kappa shape index (κ2) is 5.38. The number of nitriles is 1. The van der Waals surface area contributed by atoms with Crippen molar-refractivity contribution < 1.29 is 0 Å². The lowest BCUT2D eigenvalue weighted by molar-refractivity contribution is 1.15. The number of hydrogen-bond acceptors (Lipinski definition) is 2. The fourth-order valence-electron chi connectivity index (χ4n) is 1.50. The van der Waals surface area contributed by atoms with Crippen LogP contribution < -0.4 is 5.32 Å². The van der Waals surface area contributed by atoms with Crippen LogP contribution in [-0.2, 0) is 6.54 Å². The number of nitrogens with one attached hydrogen (secondary N) is 1. The standard InChI is InChI=1S/C14H11ClN2/c15-13-3-1-2-4-14(13)17-10-12-7-5-11(9-16)6-8-12/h1-8,17H,10H2. The Morgan fingerprint density at radius 2 is 1.76 bits per heavy atom. The Morgan fingerprint density at radius 3 is 2.41 bits per heavy atom. The summed E-state index contributed by atoms with van der Waals surface area (Å²) in [5.74, 6) is 0. The molecule has 1 N–H and O–H groups in total. The Morgan fingerprint density at radius 1 is 1.06 bits per heavy atom. The maximum Gasteiger partial charge on any atom is 0.0991 e. The molecule has 2 nitrogen and oxygen atoms in total. The van der Waals surface area contributed by atoms with Crippen molar-refractivity contribution in [2.45, 2.75) is 6.54 Å². The van der Waals surface area contributed by atoms with E-state index in [0.29, 0.717) is 17.1 Å². The van der Waals surface area contributed by atoms with E-state index >= 15 is 0 Å². The average Bonchev–Trinajstić information content (AvgIpc) is 2.38. The van der Waals surface area contributed by atoms with Gasteiger partial charge in [0.15, 0.2) is 0 Å². The van der Waals surface area contributed by atoms with Gasteiger partial charge >= 0.3 is 0 Å². The van der Waals surface area contributed by atoms with Crippen LogP contribution >= 0.6 is 11.6 Å². The van der Waals surface area contributed by atoms with E-state index in [1.807, 2.05) is 48.5 Å². The molecule has 0 aliphatic carbocycles. The van der Waals surface area contributed by atoms with Gasteiger partial charge in [-0.05, 0) is 29.8 Å². The summed E-state index contributed by atoms with van der Waals surface area (Å²) in [5, 5.41) is 12.7. The molecule has 0 bridgehead atoms. The summed E-state index contributed by atoms with van der Waals surface area (Å²) in [7, 11) is 0. The first-order valence-corrected chi connectivity index (χ1v) is 5.65. The van der Waals surface area contributed by atoms with Gasteiger partial charge in [-0.1, -0.05) is 35.9 Å². The fourth-order valence-corrected chi connectivity index (χ4v) is 1.70. The van der Waals surface area contributed by atoms with E-state index in [9.17, 15) is 0 Å². The molecule has 0 atom stereocenters. The molecule has 84 valence electrons. The van der Waals surface area contributed by atoms with Crippen LogP contribution in [0.4, 0.5) is 5.69 Å². The summed E-state index contributed by atoms with van der Waals surface area (Å²) in [6, 6.07) is 17.2. The van der Waals surface area contributed by atoms with E-state index in [1.165, 1.54) is 0 Å². The predicted molar refractivity (Wildman–Crippen MR) is 69.9 cm³/mol. The van der Waals surface area contributed by atoms with Gasteiger partial charge in [0, 0.05) is 6.54 Å². The highest BCUT2D eigenvalue weighted by molar-refractivity contribution is 6.33. The third-order valence-electron chi connectivity index (χ3n) is 2.44. The quantitative estimate of drug-likeness (QED) is 0.888. The predicted octanol–water partition coefficient (Wildman–Crippen LogP) is 3.82. The van der Waals surface area contributed by atoms with E-state index in [-0.39, 0.29) is 0 Å². The molecule has 0 heterocycles. The van der Waals surface area contributed by atoms with E-state index in [0.717, 1.165) is 11.3 Å². The van der Waals surface area contributed by atoms with E-state index in [1.54, 1.807) is 0 Å². The van der Waals surface area contributed by atoms with Crippen LogP contribution in [0.25, 0.3) is 0 Å². The minimum atomic E-state index is 0.673. The summed E-state index contributed by atoms with van der Waals surface area (Å²) in [6.07, 6.45) is 0. The molecule has 0 saturated carbocycles. The van der Waals surface area contributed by atoms with Crippen molar-refractivity contribution in [2.75, 3.05) is 5.32 Å². The number of rotatable bonds is 3. The van der Waals surface area contributed by atoms with E-state index in [2.05, 4.69) is 11.4 Å². The van der Waals surface area contributed by atoms with E-state index in [4.69, 9.17) is 16.9 Å². The van der Waals surface area contributed by atoms with Gasteiger partial charge in [-0.2, -0.15) is 5.26 Å². The van der Waals surface area contributed by atoms with Crippen LogP contribution in [0.15, 0.2) is 48.5 Å². The van der Waals surface area contributed by atoms with Crippen LogP contribution in [0, 0.1) is 11.3 Å². The molecule has 0 aliphatic heterocycles. The van der Waals surface area contributed by atoms with Gasteiger partial charge in [-0.15, -0.1) is 0 Å². The Labute approximate surface area is 105 Å². The minimum absolute atomic E-state index is 0.673. The third-order valence-corrected chi connectivity index (χ3v) is 2.77. The fraction of sp³-hybridized carbons (Fsp3) is 0.0714. The molecule has 17 heavy (non-hydrogen) atoms. The SMILES string of the molecule is N#Cc1ccc(CNc2ccccc2Cl)cc1. The topological polar surface area (TPSA) is 35.8 Å². The van der Waals surface area contributed by atoms with Gasteiger partial charge in [0.05, 0.1) is 22.3 Å². The van der Waals surface area contributed by atoms with Crippen molar-refractivity contribution in [1.82, 2.24) is 0 Å². The van der Waals surface area contributed by atoms with Crippen molar-refractivity contribution in [2.24, 2.45) is 0 Å². The first kappa shape index (κ1) is 11.5. The molecule has 0 spiro atoms. The lowest BCUT2D eigenvalue weighted by Gasteiger charge is -2.08. The molecule has 2 aromatic rings. The summed E-state index contributed by atoms with van der Waals surface area (Å²) < 4.78 is 0. The zero-order chi connectivity index (χ0) is 12.1. The number of nitrogens with zero attached hydrogens (tertiary/aromatic N) is 1. The van der Waals surface area contributed by atoms with Crippen LogP contribution in [-0.4, -0.2) is 0 Å². The lowest BCUT2D eigenvalue weighted by Crippen LogP contribution is -1.99. The van der Waals surface area contributed by atoms with Crippen molar-refractivity contribution >= 4 is 17.3 Å². The summed E-state index contributed by atoms with van der Waals surface area (Å²) in [4.78, 5) is 0. The van der Waals surface area contributed by atoms with Gasteiger partial charge in [0.2, 0.25) is 0 Å². The highest BCUT2D eigenvalue weighted by Gasteiger charge is 1.98. The van der Waals surface area contributed by atoms with Crippen molar-refractivity contribution in [3.8, 4) is 6.07 Å². The molecule has 2 rings (SSSR count). The Balaban J connectivity index is 2.03. The van der Waals surface area contributed by atoms with Gasteiger partial charge in [-0.3, -0.25) is 0 Å². The van der Waals surface area contributed by atoms with Gasteiger partial charge < -0.3 is 5.32 Å². The summed E-state index contributed by atoms with van der Waals surface area (Å²) in [5.41, 5.74) is 2.70. The second-order valence-corrected chi connectivity index (χ2v) is 4.05. The first-order chi connectivity index (χ1) is 8.29. The Kier molecular flexibility index (Phi) is 3.64. The molecule has 2 aromatic carbocycles. The summed E-state index contributed by atoms with van der Waals surface area (Å²) >= 11 is 6.03. The zero-order valence-electron chi connectivity index (χ0n) is 9.15. The highest BCUT2D eigenvalue weighted by Crippen LogP contribution is 2.21. The smallest absolute Gasteiger partial charge is 0.0991 e. The maximum atomic E-state index is 8.69. The number of benzene rings is 2. The molecular formula is C14H11ClN2. The van der Waals surface area contributed by atoms with Gasteiger partial charge in [0.25, 0.3) is 0 Å². The van der Waals surface area contributed by atoms with Crippen LogP contribution in [0.5, 0.6) is 0 Å². The zero-order valence-corrected chi connectivity index (χ0v) is 9.91. The maximum absolute atomic E-state index is 8.69. The third kappa shape index (κ3) is 2.99. The first-order valence-electron chi connectivity index (χ1n) is 5.27. The lowest BCUT2D eigenvalue weighted by atomic mass is 10.1. The second-order valence-electron chi connectivity index (χ2n) is 3.64. The molecule has 0 aliphatic rings. The normalized spacial score (nSPS) is 9.65. The minimum Gasteiger partial charge on any atom is -0.380 e. The molecule has 0 unspecified atom stereocenters. The Bertz CT molecular complexity index is 541. The van der Waals surface area contributed by atoms with Crippen LogP contribution in [0.3, 0.4) is 0 Å². The van der Waals surface area contributed by atoms with Crippen LogP contribution in [0.1, 0.15) is 11.1 Å².